The number of aromatic nitrogens is 2. The molecule has 0 aliphatic heterocycles. The first-order valence-electron chi connectivity index (χ1n) is 7.33. The zero-order valence-electron chi connectivity index (χ0n) is 13.0. The van der Waals surface area contributed by atoms with Gasteiger partial charge in [0.15, 0.2) is 0 Å². The molecule has 0 fully saturated rings. The van der Waals surface area contributed by atoms with Gasteiger partial charge in [-0.05, 0) is 31.2 Å². The average Bonchev–Trinajstić information content (AvgIpc) is 2.59. The molecule has 0 aliphatic carbocycles. The van der Waals surface area contributed by atoms with Gasteiger partial charge in [-0.3, -0.25) is 4.79 Å². The topological polar surface area (TPSA) is 66.9 Å². The van der Waals surface area contributed by atoms with Crippen LogP contribution in [0.4, 0.5) is 17.2 Å². The number of aryl methyl sites for hydroxylation is 1. The molecule has 0 saturated carbocycles. The molecular formula is C18H15ClN4O. The molecule has 0 radical (unpaired) electrons. The van der Waals surface area contributed by atoms with Gasteiger partial charge in [-0.25, -0.2) is 9.97 Å². The lowest BCUT2D eigenvalue weighted by Gasteiger charge is -2.08. The first kappa shape index (κ1) is 16.0. The maximum atomic E-state index is 12.2. The number of amides is 1. The van der Waals surface area contributed by atoms with Crippen molar-refractivity contribution in [2.45, 2.75) is 6.92 Å². The number of halogens is 1. The summed E-state index contributed by atoms with van der Waals surface area (Å²) < 4.78 is 0. The lowest BCUT2D eigenvalue weighted by molar-refractivity contribution is 0.102. The number of para-hydroxylation sites is 1. The number of hydrogen-bond donors (Lipinski definition) is 2. The second-order valence-electron chi connectivity index (χ2n) is 5.21. The molecule has 1 heterocycles. The second-order valence-corrected chi connectivity index (χ2v) is 5.62. The SMILES string of the molecule is Cc1ccc(NC(=O)c2cnc(Nc3ccccc3Cl)cn2)cc1. The fourth-order valence-corrected chi connectivity index (χ4v) is 2.23. The molecule has 0 aliphatic rings. The van der Waals surface area contributed by atoms with Crippen LogP contribution in [-0.2, 0) is 0 Å². The highest BCUT2D eigenvalue weighted by molar-refractivity contribution is 6.33. The van der Waals surface area contributed by atoms with E-state index < -0.39 is 0 Å². The zero-order valence-corrected chi connectivity index (χ0v) is 13.7. The normalized spacial score (nSPS) is 10.2. The largest absolute Gasteiger partial charge is 0.338 e. The van der Waals surface area contributed by atoms with E-state index in [2.05, 4.69) is 20.6 Å². The van der Waals surface area contributed by atoms with Crippen molar-refractivity contribution in [1.29, 1.82) is 0 Å². The monoisotopic (exact) mass is 338 g/mol. The molecule has 2 aromatic carbocycles. The van der Waals surface area contributed by atoms with Crippen LogP contribution in [0.25, 0.3) is 0 Å². The van der Waals surface area contributed by atoms with Crippen molar-refractivity contribution in [1.82, 2.24) is 9.97 Å². The van der Waals surface area contributed by atoms with Crippen LogP contribution in [-0.4, -0.2) is 15.9 Å². The average molecular weight is 339 g/mol. The van der Waals surface area contributed by atoms with Crippen LogP contribution in [0, 0.1) is 6.92 Å². The van der Waals surface area contributed by atoms with Crippen molar-refractivity contribution in [2.75, 3.05) is 10.6 Å². The molecule has 1 amide bonds. The number of nitrogens with zero attached hydrogens (tertiary/aromatic N) is 2. The molecule has 5 nitrogen and oxygen atoms in total. The molecule has 24 heavy (non-hydrogen) atoms. The number of nitrogens with one attached hydrogen (secondary N) is 2. The highest BCUT2D eigenvalue weighted by Crippen LogP contribution is 2.23. The Bertz CT molecular complexity index is 848. The number of benzene rings is 2. The standard InChI is InChI=1S/C18H15ClN4O/c1-12-6-8-13(9-7-12)22-18(24)16-10-21-17(11-20-16)23-15-5-3-2-4-14(15)19/h2-11H,1H3,(H,21,23)(H,22,24). The van der Waals surface area contributed by atoms with Crippen molar-refractivity contribution >= 4 is 34.7 Å². The Kier molecular flexibility index (Phi) is 4.72. The summed E-state index contributed by atoms with van der Waals surface area (Å²) in [6.45, 7) is 1.99. The molecule has 0 bridgehead atoms. The minimum Gasteiger partial charge on any atom is -0.338 e. The number of rotatable bonds is 4. The van der Waals surface area contributed by atoms with E-state index in [-0.39, 0.29) is 11.6 Å². The van der Waals surface area contributed by atoms with Gasteiger partial charge in [0.25, 0.3) is 5.91 Å². The molecule has 0 unspecified atom stereocenters. The summed E-state index contributed by atoms with van der Waals surface area (Å²) in [6.07, 6.45) is 2.91. The Labute approximate surface area is 144 Å². The van der Waals surface area contributed by atoms with E-state index in [1.165, 1.54) is 12.4 Å². The van der Waals surface area contributed by atoms with Crippen LogP contribution in [0.2, 0.25) is 5.02 Å². The van der Waals surface area contributed by atoms with Gasteiger partial charge in [-0.1, -0.05) is 41.4 Å². The van der Waals surface area contributed by atoms with Crippen LogP contribution in [0.3, 0.4) is 0 Å². The van der Waals surface area contributed by atoms with Crippen LogP contribution < -0.4 is 10.6 Å². The van der Waals surface area contributed by atoms with Gasteiger partial charge < -0.3 is 10.6 Å². The minimum absolute atomic E-state index is 0.236. The third kappa shape index (κ3) is 3.88. The summed E-state index contributed by atoms with van der Waals surface area (Å²) in [6, 6.07) is 14.9. The molecule has 120 valence electrons. The second kappa shape index (κ2) is 7.10. The van der Waals surface area contributed by atoms with Gasteiger partial charge in [0.05, 0.1) is 23.1 Å². The molecular weight excluding hydrogens is 324 g/mol. The Morgan fingerprint density at radius 1 is 1.00 bits per heavy atom. The summed E-state index contributed by atoms with van der Waals surface area (Å²) >= 11 is 6.08. The van der Waals surface area contributed by atoms with E-state index in [4.69, 9.17) is 11.6 Å². The summed E-state index contributed by atoms with van der Waals surface area (Å²) in [5, 5.41) is 6.42. The zero-order chi connectivity index (χ0) is 16.9. The quantitative estimate of drug-likeness (QED) is 0.738. The molecule has 2 N–H and O–H groups in total. The highest BCUT2D eigenvalue weighted by atomic mass is 35.5. The van der Waals surface area contributed by atoms with Crippen LogP contribution in [0.15, 0.2) is 60.9 Å². The highest BCUT2D eigenvalue weighted by Gasteiger charge is 2.09. The van der Waals surface area contributed by atoms with Crippen molar-refractivity contribution < 1.29 is 4.79 Å². The smallest absolute Gasteiger partial charge is 0.275 e. The summed E-state index contributed by atoms with van der Waals surface area (Å²) in [5.41, 5.74) is 2.80. The van der Waals surface area contributed by atoms with E-state index in [1.807, 2.05) is 49.4 Å². The van der Waals surface area contributed by atoms with Gasteiger partial charge in [-0.15, -0.1) is 0 Å². The fraction of sp³-hybridized carbons (Fsp3) is 0.0556. The Balaban J connectivity index is 1.68. The van der Waals surface area contributed by atoms with Crippen LogP contribution >= 0.6 is 11.6 Å². The first-order valence-corrected chi connectivity index (χ1v) is 7.71. The molecule has 3 rings (SSSR count). The molecule has 3 aromatic rings. The number of anilines is 3. The Hall–Kier alpha value is -2.92. The number of carbonyl (C=O) groups is 1. The lowest BCUT2D eigenvalue weighted by atomic mass is 10.2. The fourth-order valence-electron chi connectivity index (χ4n) is 2.04. The molecule has 0 spiro atoms. The molecule has 1 aromatic heterocycles. The predicted octanol–water partition coefficient (Wildman–Crippen LogP) is 4.43. The Morgan fingerprint density at radius 2 is 1.75 bits per heavy atom. The van der Waals surface area contributed by atoms with E-state index in [1.54, 1.807) is 6.07 Å². The summed E-state index contributed by atoms with van der Waals surface area (Å²) in [5.74, 6) is 0.200. The summed E-state index contributed by atoms with van der Waals surface area (Å²) in [7, 11) is 0. The van der Waals surface area contributed by atoms with Crippen LogP contribution in [0.5, 0.6) is 0 Å². The van der Waals surface area contributed by atoms with Gasteiger partial charge in [0, 0.05) is 5.69 Å². The van der Waals surface area contributed by atoms with E-state index in [0.717, 1.165) is 11.3 Å². The van der Waals surface area contributed by atoms with Gasteiger partial charge in [-0.2, -0.15) is 0 Å². The third-order valence-corrected chi connectivity index (χ3v) is 3.66. The van der Waals surface area contributed by atoms with Gasteiger partial charge in [0.1, 0.15) is 11.5 Å². The van der Waals surface area contributed by atoms with Gasteiger partial charge >= 0.3 is 0 Å². The van der Waals surface area contributed by atoms with Crippen molar-refractivity contribution in [2.24, 2.45) is 0 Å². The maximum Gasteiger partial charge on any atom is 0.275 e. The van der Waals surface area contributed by atoms with Crippen molar-refractivity contribution in [3.8, 4) is 0 Å². The van der Waals surface area contributed by atoms with Crippen molar-refractivity contribution in [3.05, 3.63) is 77.2 Å². The third-order valence-electron chi connectivity index (χ3n) is 3.33. The van der Waals surface area contributed by atoms with Crippen molar-refractivity contribution in [3.63, 3.8) is 0 Å². The number of hydrogen-bond acceptors (Lipinski definition) is 4. The molecule has 0 saturated heterocycles. The minimum atomic E-state index is -0.310. The lowest BCUT2D eigenvalue weighted by Crippen LogP contribution is -2.14. The summed E-state index contributed by atoms with van der Waals surface area (Å²) in [4.78, 5) is 20.5. The molecule has 0 atom stereocenters. The predicted molar refractivity (Wildman–Crippen MR) is 95.9 cm³/mol. The van der Waals surface area contributed by atoms with Gasteiger partial charge in [0.2, 0.25) is 0 Å². The van der Waals surface area contributed by atoms with E-state index >= 15 is 0 Å². The maximum absolute atomic E-state index is 12.2. The molecule has 6 heteroatoms. The first-order chi connectivity index (χ1) is 11.6. The van der Waals surface area contributed by atoms with E-state index in [0.29, 0.717) is 16.5 Å². The van der Waals surface area contributed by atoms with Crippen LogP contribution in [0.1, 0.15) is 16.1 Å². The van der Waals surface area contributed by atoms with E-state index in [9.17, 15) is 4.79 Å². The Morgan fingerprint density at radius 3 is 2.42 bits per heavy atom. The number of carbonyl (C=O) groups excluding carboxylic acids is 1.